The Bertz CT molecular complexity index is 254. The molecular formula is C13H26O4. The van der Waals surface area contributed by atoms with E-state index in [1.807, 2.05) is 13.8 Å². The molecule has 0 aromatic rings. The summed E-state index contributed by atoms with van der Waals surface area (Å²) in [6.07, 6.45) is 2.37. The minimum absolute atomic E-state index is 0.533. The molecule has 4 heteroatoms. The van der Waals surface area contributed by atoms with E-state index in [0.29, 0.717) is 6.42 Å². The lowest BCUT2D eigenvalue weighted by molar-refractivity contribution is -0.148. The second-order valence-electron chi connectivity index (χ2n) is 5.48. The molecular weight excluding hydrogens is 220 g/mol. The molecule has 0 unspecified atom stereocenters. The van der Waals surface area contributed by atoms with Crippen LogP contribution in [0.4, 0.5) is 0 Å². The lowest BCUT2D eigenvalue weighted by atomic mass is 9.88. The quantitative estimate of drug-likeness (QED) is 0.779. The average Bonchev–Trinajstić information content (AvgIpc) is 2.18. The summed E-state index contributed by atoms with van der Waals surface area (Å²) in [5.74, 6) is -1.43. The first-order chi connectivity index (χ1) is 7.51. The van der Waals surface area contributed by atoms with Crippen LogP contribution in [-0.2, 0) is 9.59 Å². The summed E-state index contributed by atoms with van der Waals surface area (Å²) >= 11 is 0. The molecule has 0 aliphatic carbocycles. The summed E-state index contributed by atoms with van der Waals surface area (Å²) in [7, 11) is 0. The van der Waals surface area contributed by atoms with Crippen LogP contribution in [0.2, 0.25) is 0 Å². The van der Waals surface area contributed by atoms with Crippen molar-refractivity contribution in [3.8, 4) is 0 Å². The van der Waals surface area contributed by atoms with E-state index in [1.165, 1.54) is 0 Å². The van der Waals surface area contributed by atoms with Crippen molar-refractivity contribution in [1.82, 2.24) is 0 Å². The van der Waals surface area contributed by atoms with Crippen molar-refractivity contribution in [1.29, 1.82) is 0 Å². The number of hydrogen-bond acceptors (Lipinski definition) is 2. The van der Waals surface area contributed by atoms with Crippen LogP contribution in [0.15, 0.2) is 0 Å². The summed E-state index contributed by atoms with van der Waals surface area (Å²) in [5.41, 5.74) is -1.07. The van der Waals surface area contributed by atoms with E-state index in [1.54, 1.807) is 27.7 Å². The maximum atomic E-state index is 10.4. The monoisotopic (exact) mass is 246 g/mol. The van der Waals surface area contributed by atoms with Crippen LogP contribution in [0.25, 0.3) is 0 Å². The molecule has 17 heavy (non-hydrogen) atoms. The fourth-order valence-corrected chi connectivity index (χ4v) is 0.883. The zero-order valence-electron chi connectivity index (χ0n) is 11.8. The van der Waals surface area contributed by atoms with E-state index in [-0.39, 0.29) is 0 Å². The first-order valence-corrected chi connectivity index (χ1v) is 5.98. The number of carbonyl (C=O) groups is 2. The topological polar surface area (TPSA) is 74.6 Å². The Labute approximate surface area is 104 Å². The predicted octanol–water partition coefficient (Wildman–Crippen LogP) is 3.40. The highest BCUT2D eigenvalue weighted by Gasteiger charge is 2.25. The smallest absolute Gasteiger partial charge is 0.309 e. The van der Waals surface area contributed by atoms with Gasteiger partial charge in [0.2, 0.25) is 0 Å². The van der Waals surface area contributed by atoms with Crippen molar-refractivity contribution < 1.29 is 19.8 Å². The molecule has 0 saturated carbocycles. The molecule has 0 saturated heterocycles. The Hall–Kier alpha value is -1.06. The van der Waals surface area contributed by atoms with Crippen molar-refractivity contribution in [2.45, 2.75) is 60.8 Å². The number of carboxylic acid groups (broad SMARTS) is 2. The molecule has 0 aromatic carbocycles. The highest BCUT2D eigenvalue weighted by atomic mass is 16.4. The van der Waals surface area contributed by atoms with E-state index >= 15 is 0 Å². The Morgan fingerprint density at radius 2 is 1.24 bits per heavy atom. The number of rotatable bonds is 5. The average molecular weight is 246 g/mol. The zero-order valence-corrected chi connectivity index (χ0v) is 11.8. The van der Waals surface area contributed by atoms with Gasteiger partial charge in [-0.3, -0.25) is 9.59 Å². The van der Waals surface area contributed by atoms with E-state index in [4.69, 9.17) is 10.2 Å². The predicted molar refractivity (Wildman–Crippen MR) is 68.0 cm³/mol. The van der Waals surface area contributed by atoms with Crippen molar-refractivity contribution in [3.05, 3.63) is 0 Å². The first kappa shape index (κ1) is 18.3. The maximum absolute atomic E-state index is 10.4. The third kappa shape index (κ3) is 7.77. The normalized spacial score (nSPS) is 11.4. The third-order valence-electron chi connectivity index (χ3n) is 2.92. The van der Waals surface area contributed by atoms with Gasteiger partial charge < -0.3 is 10.2 Å². The van der Waals surface area contributed by atoms with Gasteiger partial charge in [-0.25, -0.2) is 0 Å². The third-order valence-corrected chi connectivity index (χ3v) is 2.92. The standard InChI is InChI=1S/C7H14O2.C6H12O2/c1-4-5-7(2,3)6(8)9;1-4-6(2,3)5(7)8/h4-5H2,1-3H3,(H,8,9);4H2,1-3H3,(H,7,8). The SMILES string of the molecule is CCC(C)(C)C(=O)O.CCCC(C)(C)C(=O)O. The van der Waals surface area contributed by atoms with E-state index < -0.39 is 22.8 Å². The maximum Gasteiger partial charge on any atom is 0.309 e. The minimum atomic E-state index is -0.722. The molecule has 0 rings (SSSR count). The molecule has 2 N–H and O–H groups in total. The van der Waals surface area contributed by atoms with Gasteiger partial charge in [0.1, 0.15) is 0 Å². The second-order valence-corrected chi connectivity index (χ2v) is 5.48. The van der Waals surface area contributed by atoms with Crippen molar-refractivity contribution in [2.75, 3.05) is 0 Å². The fraction of sp³-hybridized carbons (Fsp3) is 0.846. The Morgan fingerprint density at radius 3 is 1.29 bits per heavy atom. The van der Waals surface area contributed by atoms with Gasteiger partial charge in [-0.1, -0.05) is 20.3 Å². The molecule has 0 radical (unpaired) electrons. The molecule has 0 amide bonds. The number of carboxylic acids is 2. The van der Waals surface area contributed by atoms with Crippen LogP contribution in [0.3, 0.4) is 0 Å². The highest BCUT2D eigenvalue weighted by molar-refractivity contribution is 5.73. The highest BCUT2D eigenvalue weighted by Crippen LogP contribution is 2.21. The van der Waals surface area contributed by atoms with E-state index in [2.05, 4.69) is 0 Å². The molecule has 4 nitrogen and oxygen atoms in total. The lowest BCUT2D eigenvalue weighted by Gasteiger charge is -2.16. The van der Waals surface area contributed by atoms with Gasteiger partial charge in [-0.15, -0.1) is 0 Å². The van der Waals surface area contributed by atoms with E-state index in [0.717, 1.165) is 12.8 Å². The van der Waals surface area contributed by atoms with Crippen LogP contribution in [0, 0.1) is 10.8 Å². The molecule has 0 spiro atoms. The molecule has 0 fully saturated rings. The first-order valence-electron chi connectivity index (χ1n) is 5.98. The van der Waals surface area contributed by atoms with Crippen LogP contribution in [-0.4, -0.2) is 22.2 Å². The molecule has 102 valence electrons. The number of hydrogen-bond donors (Lipinski definition) is 2. The van der Waals surface area contributed by atoms with Crippen LogP contribution in [0.5, 0.6) is 0 Å². The van der Waals surface area contributed by atoms with Gasteiger partial charge in [0.15, 0.2) is 0 Å². The van der Waals surface area contributed by atoms with E-state index in [9.17, 15) is 9.59 Å². The molecule has 0 heterocycles. The summed E-state index contributed by atoms with van der Waals surface area (Å²) in [4.78, 5) is 20.7. The van der Waals surface area contributed by atoms with Crippen LogP contribution >= 0.6 is 0 Å². The van der Waals surface area contributed by atoms with Gasteiger partial charge in [0.05, 0.1) is 10.8 Å². The number of aliphatic carboxylic acids is 2. The molecule has 0 atom stereocenters. The largest absolute Gasteiger partial charge is 0.481 e. The zero-order chi connectivity index (χ0) is 14.3. The second kappa shape index (κ2) is 7.30. The van der Waals surface area contributed by atoms with Gasteiger partial charge in [-0.2, -0.15) is 0 Å². The Balaban J connectivity index is 0. The fourth-order valence-electron chi connectivity index (χ4n) is 0.883. The van der Waals surface area contributed by atoms with Crippen LogP contribution in [0.1, 0.15) is 60.8 Å². The molecule has 0 aromatic heterocycles. The van der Waals surface area contributed by atoms with Gasteiger partial charge in [0.25, 0.3) is 0 Å². The Kier molecular flexibility index (Phi) is 7.86. The molecule has 0 aliphatic heterocycles. The van der Waals surface area contributed by atoms with Crippen LogP contribution < -0.4 is 0 Å². The lowest BCUT2D eigenvalue weighted by Crippen LogP contribution is -2.22. The minimum Gasteiger partial charge on any atom is -0.481 e. The van der Waals surface area contributed by atoms with Crippen molar-refractivity contribution in [2.24, 2.45) is 10.8 Å². The summed E-state index contributed by atoms with van der Waals surface area (Å²) < 4.78 is 0. The van der Waals surface area contributed by atoms with Gasteiger partial charge in [0, 0.05) is 0 Å². The Morgan fingerprint density at radius 1 is 0.882 bits per heavy atom. The summed E-state index contributed by atoms with van der Waals surface area (Å²) in [6.45, 7) is 10.8. The van der Waals surface area contributed by atoms with Gasteiger partial charge >= 0.3 is 11.9 Å². The molecule has 0 aliphatic rings. The van der Waals surface area contributed by atoms with Crippen molar-refractivity contribution >= 4 is 11.9 Å². The van der Waals surface area contributed by atoms with Gasteiger partial charge in [-0.05, 0) is 40.5 Å². The molecule has 0 bridgehead atoms. The summed E-state index contributed by atoms with van der Waals surface area (Å²) in [6, 6.07) is 0. The van der Waals surface area contributed by atoms with Crippen molar-refractivity contribution in [3.63, 3.8) is 0 Å². The summed E-state index contributed by atoms with van der Waals surface area (Å²) in [5, 5.41) is 17.0.